The van der Waals surface area contributed by atoms with E-state index in [-0.39, 0.29) is 12.5 Å². The van der Waals surface area contributed by atoms with E-state index in [0.29, 0.717) is 12.5 Å². The Hall–Kier alpha value is -2.30. The van der Waals surface area contributed by atoms with Gasteiger partial charge in [0.25, 0.3) is 5.91 Å². The molecular weight excluding hydrogens is 290 g/mol. The molecule has 0 atom stereocenters. The van der Waals surface area contributed by atoms with E-state index in [2.05, 4.69) is 36.3 Å². The Morgan fingerprint density at radius 2 is 2.22 bits per heavy atom. The second kappa shape index (κ2) is 8.36. The Kier molecular flexibility index (Phi) is 6.20. The molecule has 1 N–H and O–H groups in total. The molecule has 23 heavy (non-hydrogen) atoms. The van der Waals surface area contributed by atoms with Crippen molar-refractivity contribution in [3.8, 4) is 5.75 Å². The predicted octanol–water partition coefficient (Wildman–Crippen LogP) is 2.90. The molecule has 0 aliphatic carbocycles. The van der Waals surface area contributed by atoms with E-state index in [0.717, 1.165) is 29.8 Å². The number of hydrogen-bond acceptors (Lipinski definition) is 3. The number of aromatic nitrogens is 2. The van der Waals surface area contributed by atoms with Crippen LogP contribution in [0.15, 0.2) is 36.9 Å². The van der Waals surface area contributed by atoms with E-state index in [4.69, 9.17) is 4.74 Å². The molecule has 0 unspecified atom stereocenters. The molecule has 1 aromatic heterocycles. The summed E-state index contributed by atoms with van der Waals surface area (Å²) in [5.41, 5.74) is 2.26. The smallest absolute Gasteiger partial charge is 0.257 e. The van der Waals surface area contributed by atoms with Gasteiger partial charge in [0.2, 0.25) is 0 Å². The van der Waals surface area contributed by atoms with Crippen LogP contribution in [0.5, 0.6) is 5.75 Å². The highest BCUT2D eigenvalue weighted by molar-refractivity contribution is 5.77. The molecule has 124 valence electrons. The van der Waals surface area contributed by atoms with E-state index in [1.807, 2.05) is 23.8 Å². The molecule has 1 aromatic carbocycles. The fourth-order valence-corrected chi connectivity index (χ4v) is 2.35. The predicted molar refractivity (Wildman–Crippen MR) is 90.6 cm³/mol. The number of amides is 1. The van der Waals surface area contributed by atoms with Crippen LogP contribution < -0.4 is 10.1 Å². The van der Waals surface area contributed by atoms with Gasteiger partial charge in [0.15, 0.2) is 6.61 Å². The second-order valence-electron chi connectivity index (χ2n) is 5.99. The van der Waals surface area contributed by atoms with E-state index < -0.39 is 0 Å². The highest BCUT2D eigenvalue weighted by atomic mass is 16.5. The largest absolute Gasteiger partial charge is 0.483 e. The fourth-order valence-electron chi connectivity index (χ4n) is 2.35. The number of carbonyl (C=O) groups excluding carboxylic acids is 1. The number of imidazole rings is 1. The average molecular weight is 315 g/mol. The normalized spacial score (nSPS) is 10.8. The van der Waals surface area contributed by atoms with Gasteiger partial charge in [0.1, 0.15) is 5.75 Å². The number of ether oxygens (including phenoxy) is 1. The van der Waals surface area contributed by atoms with Crippen LogP contribution in [-0.2, 0) is 11.3 Å². The van der Waals surface area contributed by atoms with E-state index >= 15 is 0 Å². The van der Waals surface area contributed by atoms with E-state index in [1.165, 1.54) is 0 Å². The molecule has 0 saturated carbocycles. The third-order valence-corrected chi connectivity index (χ3v) is 3.62. The minimum absolute atomic E-state index is 0.0498. The molecule has 1 amide bonds. The van der Waals surface area contributed by atoms with Crippen LogP contribution >= 0.6 is 0 Å². The van der Waals surface area contributed by atoms with Crippen molar-refractivity contribution >= 4 is 5.91 Å². The van der Waals surface area contributed by atoms with E-state index in [1.54, 1.807) is 12.5 Å². The van der Waals surface area contributed by atoms with Gasteiger partial charge in [-0.05, 0) is 36.5 Å². The summed E-state index contributed by atoms with van der Waals surface area (Å²) in [6.45, 7) is 7.78. The van der Waals surface area contributed by atoms with Crippen molar-refractivity contribution < 1.29 is 9.53 Å². The zero-order valence-corrected chi connectivity index (χ0v) is 14.1. The molecule has 0 spiro atoms. The van der Waals surface area contributed by atoms with Crippen LogP contribution in [0.2, 0.25) is 0 Å². The number of rotatable bonds is 8. The third-order valence-electron chi connectivity index (χ3n) is 3.62. The number of nitrogens with one attached hydrogen (secondary N) is 1. The summed E-state index contributed by atoms with van der Waals surface area (Å²) in [7, 11) is 0. The zero-order chi connectivity index (χ0) is 16.7. The van der Waals surface area contributed by atoms with Gasteiger partial charge in [-0.1, -0.05) is 26.0 Å². The average Bonchev–Trinajstić information content (AvgIpc) is 3.02. The zero-order valence-electron chi connectivity index (χ0n) is 14.1. The maximum absolute atomic E-state index is 11.9. The van der Waals surface area contributed by atoms with Gasteiger partial charge in [-0.25, -0.2) is 4.98 Å². The minimum Gasteiger partial charge on any atom is -0.483 e. The highest BCUT2D eigenvalue weighted by Crippen LogP contribution is 2.27. The lowest BCUT2D eigenvalue weighted by Crippen LogP contribution is -2.30. The highest BCUT2D eigenvalue weighted by Gasteiger charge is 2.10. The van der Waals surface area contributed by atoms with Crippen LogP contribution in [-0.4, -0.2) is 28.6 Å². The van der Waals surface area contributed by atoms with Gasteiger partial charge < -0.3 is 14.6 Å². The van der Waals surface area contributed by atoms with Gasteiger partial charge in [-0.3, -0.25) is 4.79 Å². The molecule has 2 aromatic rings. The van der Waals surface area contributed by atoms with Gasteiger partial charge in [-0.2, -0.15) is 0 Å². The maximum Gasteiger partial charge on any atom is 0.257 e. The Morgan fingerprint density at radius 1 is 1.39 bits per heavy atom. The molecule has 0 aliphatic rings. The molecule has 0 radical (unpaired) electrons. The topological polar surface area (TPSA) is 56.1 Å². The van der Waals surface area contributed by atoms with Crippen molar-refractivity contribution in [3.05, 3.63) is 48.0 Å². The number of aryl methyl sites for hydroxylation is 2. The van der Waals surface area contributed by atoms with Crippen molar-refractivity contribution in [2.75, 3.05) is 13.2 Å². The van der Waals surface area contributed by atoms with Crippen molar-refractivity contribution in [2.24, 2.45) is 0 Å². The van der Waals surface area contributed by atoms with Gasteiger partial charge in [0.05, 0.1) is 6.33 Å². The Morgan fingerprint density at radius 3 is 2.91 bits per heavy atom. The molecular formula is C18H25N3O2. The maximum atomic E-state index is 11.9. The van der Waals surface area contributed by atoms with Gasteiger partial charge >= 0.3 is 0 Å². The van der Waals surface area contributed by atoms with Crippen LogP contribution in [0.1, 0.15) is 37.3 Å². The summed E-state index contributed by atoms with van der Waals surface area (Å²) in [4.78, 5) is 15.9. The number of carbonyl (C=O) groups is 1. The number of nitrogens with zero attached hydrogens (tertiary/aromatic N) is 2. The quantitative estimate of drug-likeness (QED) is 0.762. The summed E-state index contributed by atoms with van der Waals surface area (Å²) in [6, 6.07) is 6.12. The summed E-state index contributed by atoms with van der Waals surface area (Å²) in [5.74, 6) is 1.07. The lowest BCUT2D eigenvalue weighted by Gasteiger charge is -2.14. The van der Waals surface area contributed by atoms with Crippen LogP contribution in [0, 0.1) is 6.92 Å². The van der Waals surface area contributed by atoms with Crippen LogP contribution in [0.4, 0.5) is 0 Å². The van der Waals surface area contributed by atoms with Gasteiger partial charge in [-0.15, -0.1) is 0 Å². The fraction of sp³-hybridized carbons (Fsp3) is 0.444. The molecule has 5 nitrogen and oxygen atoms in total. The first-order chi connectivity index (χ1) is 11.1. The molecule has 0 saturated heterocycles. The standard InChI is InChI=1S/C18H25N3O2/c1-14(2)16-6-5-15(3)11-17(16)23-12-18(22)20-7-4-9-21-10-8-19-13-21/h5-6,8,10-11,13-14H,4,7,9,12H2,1-3H3,(H,20,22). The van der Waals surface area contributed by atoms with Crippen LogP contribution in [0.25, 0.3) is 0 Å². The Bertz CT molecular complexity index is 621. The van der Waals surface area contributed by atoms with Crippen LogP contribution in [0.3, 0.4) is 0 Å². The lowest BCUT2D eigenvalue weighted by atomic mass is 10.0. The van der Waals surface area contributed by atoms with Crippen molar-refractivity contribution in [3.63, 3.8) is 0 Å². The minimum atomic E-state index is -0.0909. The molecule has 0 bridgehead atoms. The summed E-state index contributed by atoms with van der Waals surface area (Å²) >= 11 is 0. The molecule has 0 aliphatic heterocycles. The van der Waals surface area contributed by atoms with E-state index in [9.17, 15) is 4.79 Å². The summed E-state index contributed by atoms with van der Waals surface area (Å²) in [5, 5.41) is 2.88. The second-order valence-corrected chi connectivity index (χ2v) is 5.99. The van der Waals surface area contributed by atoms with Crippen molar-refractivity contribution in [2.45, 2.75) is 39.7 Å². The van der Waals surface area contributed by atoms with Crippen molar-refractivity contribution in [1.82, 2.24) is 14.9 Å². The SMILES string of the molecule is Cc1ccc(C(C)C)c(OCC(=O)NCCCn2ccnc2)c1. The first-order valence-corrected chi connectivity index (χ1v) is 8.02. The Labute approximate surface area is 137 Å². The monoisotopic (exact) mass is 315 g/mol. The Balaban J connectivity index is 1.74. The van der Waals surface area contributed by atoms with Gasteiger partial charge in [0, 0.05) is 25.5 Å². The third kappa shape index (κ3) is 5.43. The number of hydrogen-bond donors (Lipinski definition) is 1. The number of benzene rings is 1. The first-order valence-electron chi connectivity index (χ1n) is 8.02. The lowest BCUT2D eigenvalue weighted by molar-refractivity contribution is -0.123. The molecule has 1 heterocycles. The molecule has 0 fully saturated rings. The molecule has 5 heteroatoms. The van der Waals surface area contributed by atoms with Crippen molar-refractivity contribution in [1.29, 1.82) is 0 Å². The summed E-state index contributed by atoms with van der Waals surface area (Å²) in [6.07, 6.45) is 6.30. The first kappa shape index (κ1) is 17.1. The molecule has 2 rings (SSSR count). The summed E-state index contributed by atoms with van der Waals surface area (Å²) < 4.78 is 7.71.